The summed E-state index contributed by atoms with van der Waals surface area (Å²) in [4.78, 5) is 12.5. The van der Waals surface area contributed by atoms with Crippen LogP contribution < -0.4 is 20.5 Å². The monoisotopic (exact) mass is 336 g/mol. The first-order chi connectivity index (χ1) is 10.8. The number of methoxy groups -OCH3 is 1. The molecule has 0 bridgehead atoms. The Morgan fingerprint density at radius 2 is 1.96 bits per heavy atom. The van der Waals surface area contributed by atoms with Crippen LogP contribution in [-0.4, -0.2) is 28.8 Å². The van der Waals surface area contributed by atoms with Crippen LogP contribution in [0.4, 0.5) is 5.13 Å². The molecule has 124 valence electrons. The second-order valence-electron chi connectivity index (χ2n) is 5.44. The molecule has 0 unspecified atom stereocenters. The number of aromatic nitrogens is 2. The van der Waals surface area contributed by atoms with E-state index in [0.717, 1.165) is 0 Å². The van der Waals surface area contributed by atoms with Gasteiger partial charge in [-0.2, -0.15) is 0 Å². The van der Waals surface area contributed by atoms with Crippen molar-refractivity contribution in [3.8, 4) is 11.5 Å². The van der Waals surface area contributed by atoms with Gasteiger partial charge in [0.15, 0.2) is 17.1 Å². The van der Waals surface area contributed by atoms with Gasteiger partial charge in [0, 0.05) is 0 Å². The third kappa shape index (κ3) is 4.10. The number of carbonyl (C=O) groups is 1. The van der Waals surface area contributed by atoms with E-state index in [-0.39, 0.29) is 11.9 Å². The van der Waals surface area contributed by atoms with Gasteiger partial charge in [0.25, 0.3) is 5.91 Å². The lowest BCUT2D eigenvalue weighted by atomic mass is 10.1. The van der Waals surface area contributed by atoms with Crippen LogP contribution in [0.5, 0.6) is 11.5 Å². The number of nitrogens with zero attached hydrogens (tertiary/aromatic N) is 2. The lowest BCUT2D eigenvalue weighted by Crippen LogP contribution is -2.47. The Bertz CT molecular complexity index is 687. The molecule has 2 rings (SSSR count). The molecule has 0 saturated heterocycles. The highest BCUT2D eigenvalue weighted by Gasteiger charge is 2.32. The van der Waals surface area contributed by atoms with Crippen LogP contribution in [0.3, 0.4) is 0 Å². The molecule has 0 saturated carbocycles. The smallest absolute Gasteiger partial charge is 0.264 e. The van der Waals surface area contributed by atoms with E-state index in [4.69, 9.17) is 15.2 Å². The van der Waals surface area contributed by atoms with Gasteiger partial charge in [-0.25, -0.2) is 0 Å². The van der Waals surface area contributed by atoms with Crippen LogP contribution in [0.15, 0.2) is 24.3 Å². The summed E-state index contributed by atoms with van der Waals surface area (Å²) < 4.78 is 11.1. The minimum Gasteiger partial charge on any atom is -0.493 e. The van der Waals surface area contributed by atoms with Crippen LogP contribution in [0, 0.1) is 0 Å². The largest absolute Gasteiger partial charge is 0.493 e. The highest BCUT2D eigenvalue weighted by molar-refractivity contribution is 7.15. The Balaban J connectivity index is 2.07. The van der Waals surface area contributed by atoms with Crippen LogP contribution in [0.2, 0.25) is 0 Å². The number of benzene rings is 1. The minimum atomic E-state index is -1.08. The van der Waals surface area contributed by atoms with Gasteiger partial charge in [-0.1, -0.05) is 23.5 Å². The Labute approximate surface area is 138 Å². The summed E-state index contributed by atoms with van der Waals surface area (Å²) in [5.41, 5.74) is 4.48. The molecule has 1 atom stereocenters. The molecule has 1 aromatic heterocycles. The van der Waals surface area contributed by atoms with Gasteiger partial charge in [-0.3, -0.25) is 4.79 Å². The number of nitrogens with one attached hydrogen (secondary N) is 1. The van der Waals surface area contributed by atoms with Gasteiger partial charge in [-0.05, 0) is 32.9 Å². The summed E-state index contributed by atoms with van der Waals surface area (Å²) in [6.07, 6.45) is 0. The fourth-order valence-electron chi connectivity index (χ4n) is 1.88. The molecule has 0 fully saturated rings. The average molecular weight is 336 g/mol. The molecule has 2 aromatic rings. The number of hydrogen-bond donors (Lipinski definition) is 2. The van der Waals surface area contributed by atoms with E-state index in [0.29, 0.717) is 21.6 Å². The molecular weight excluding hydrogens is 316 g/mol. The van der Waals surface area contributed by atoms with Crippen LogP contribution in [0.25, 0.3) is 0 Å². The molecular formula is C15H20N4O3S. The molecule has 23 heavy (non-hydrogen) atoms. The first kappa shape index (κ1) is 17.0. The second kappa shape index (κ2) is 6.82. The standard InChI is InChI=1S/C15H20N4O3S/c1-9(12-18-19-14(16)23-12)17-13(20)15(2,3)22-11-8-6-5-7-10(11)21-4/h5-9H,1-4H3,(H2,16,19)(H,17,20)/t9-/m1/s1. The summed E-state index contributed by atoms with van der Waals surface area (Å²) >= 11 is 1.24. The van der Waals surface area contributed by atoms with Crippen molar-refractivity contribution in [1.29, 1.82) is 0 Å². The van der Waals surface area contributed by atoms with E-state index in [2.05, 4.69) is 15.5 Å². The summed E-state index contributed by atoms with van der Waals surface area (Å²) in [6.45, 7) is 5.20. The predicted molar refractivity (Wildman–Crippen MR) is 88.6 cm³/mol. The number of ether oxygens (including phenoxy) is 2. The highest BCUT2D eigenvalue weighted by Crippen LogP contribution is 2.30. The van der Waals surface area contributed by atoms with E-state index in [9.17, 15) is 4.79 Å². The van der Waals surface area contributed by atoms with Crippen LogP contribution >= 0.6 is 11.3 Å². The SMILES string of the molecule is COc1ccccc1OC(C)(C)C(=O)N[C@H](C)c1nnc(N)s1. The van der Waals surface area contributed by atoms with Crippen molar-refractivity contribution < 1.29 is 14.3 Å². The van der Waals surface area contributed by atoms with E-state index >= 15 is 0 Å². The zero-order valence-corrected chi connectivity index (χ0v) is 14.3. The Hall–Kier alpha value is -2.35. The highest BCUT2D eigenvalue weighted by atomic mass is 32.1. The van der Waals surface area contributed by atoms with Crippen molar-refractivity contribution in [2.24, 2.45) is 0 Å². The number of para-hydroxylation sites is 2. The van der Waals surface area contributed by atoms with Crippen molar-refractivity contribution in [2.75, 3.05) is 12.8 Å². The summed E-state index contributed by atoms with van der Waals surface area (Å²) in [7, 11) is 1.55. The molecule has 8 heteroatoms. The van der Waals surface area contributed by atoms with Gasteiger partial charge < -0.3 is 20.5 Å². The molecule has 3 N–H and O–H groups in total. The van der Waals surface area contributed by atoms with Crippen molar-refractivity contribution in [3.63, 3.8) is 0 Å². The molecule has 1 heterocycles. The third-order valence-electron chi connectivity index (χ3n) is 3.16. The normalized spacial score (nSPS) is 12.5. The first-order valence-electron chi connectivity index (χ1n) is 7.05. The average Bonchev–Trinajstić information content (AvgIpc) is 2.94. The van der Waals surface area contributed by atoms with E-state index in [1.54, 1.807) is 33.1 Å². The maximum atomic E-state index is 12.5. The van der Waals surface area contributed by atoms with Crippen LogP contribution in [0.1, 0.15) is 31.8 Å². The molecule has 7 nitrogen and oxygen atoms in total. The lowest BCUT2D eigenvalue weighted by Gasteiger charge is -2.27. The number of carbonyl (C=O) groups excluding carboxylic acids is 1. The third-order valence-corrected chi connectivity index (χ3v) is 4.09. The first-order valence-corrected chi connectivity index (χ1v) is 7.87. The Kier molecular flexibility index (Phi) is 5.05. The quantitative estimate of drug-likeness (QED) is 0.838. The number of nitrogens with two attached hydrogens (primary N) is 1. The minimum absolute atomic E-state index is 0.273. The van der Waals surface area contributed by atoms with Gasteiger partial charge in [0.1, 0.15) is 5.01 Å². The molecule has 1 amide bonds. The molecule has 0 aliphatic rings. The molecule has 0 radical (unpaired) electrons. The zero-order chi connectivity index (χ0) is 17.0. The zero-order valence-electron chi connectivity index (χ0n) is 13.5. The topological polar surface area (TPSA) is 99.4 Å². The predicted octanol–water partition coefficient (Wildman–Crippen LogP) is 2.16. The summed E-state index contributed by atoms with van der Waals surface area (Å²) in [6, 6.07) is 6.87. The van der Waals surface area contributed by atoms with E-state index in [1.807, 2.05) is 19.1 Å². The lowest BCUT2D eigenvalue weighted by molar-refractivity contribution is -0.135. The van der Waals surface area contributed by atoms with Crippen molar-refractivity contribution in [1.82, 2.24) is 15.5 Å². The van der Waals surface area contributed by atoms with E-state index < -0.39 is 5.60 Å². The molecule has 0 spiro atoms. The fourth-order valence-corrected chi connectivity index (χ4v) is 2.49. The van der Waals surface area contributed by atoms with Crippen molar-refractivity contribution in [2.45, 2.75) is 32.4 Å². The fraction of sp³-hybridized carbons (Fsp3) is 0.400. The number of amides is 1. The van der Waals surface area contributed by atoms with E-state index in [1.165, 1.54) is 11.3 Å². The maximum absolute atomic E-state index is 12.5. The Morgan fingerprint density at radius 1 is 1.30 bits per heavy atom. The number of nitrogen functional groups attached to an aromatic ring is 1. The number of anilines is 1. The number of rotatable bonds is 6. The van der Waals surface area contributed by atoms with Gasteiger partial charge >= 0.3 is 0 Å². The number of hydrogen-bond acceptors (Lipinski definition) is 7. The maximum Gasteiger partial charge on any atom is 0.264 e. The van der Waals surface area contributed by atoms with Gasteiger partial charge in [0.05, 0.1) is 13.2 Å². The summed E-state index contributed by atoms with van der Waals surface area (Å²) in [5.74, 6) is 0.797. The summed E-state index contributed by atoms with van der Waals surface area (Å²) in [5, 5.41) is 11.5. The molecule has 0 aliphatic heterocycles. The van der Waals surface area contributed by atoms with Gasteiger partial charge in [0.2, 0.25) is 5.13 Å². The molecule has 1 aromatic carbocycles. The second-order valence-corrected chi connectivity index (χ2v) is 6.48. The molecule has 0 aliphatic carbocycles. The van der Waals surface area contributed by atoms with Crippen molar-refractivity contribution >= 4 is 22.4 Å². The van der Waals surface area contributed by atoms with Gasteiger partial charge in [-0.15, -0.1) is 10.2 Å². The Morgan fingerprint density at radius 3 is 2.52 bits per heavy atom. The van der Waals surface area contributed by atoms with Crippen LogP contribution in [-0.2, 0) is 4.79 Å². The van der Waals surface area contributed by atoms with Crippen molar-refractivity contribution in [3.05, 3.63) is 29.3 Å².